The van der Waals surface area contributed by atoms with Gasteiger partial charge in [0.25, 0.3) is 5.69 Å². The Morgan fingerprint density at radius 1 is 1.26 bits per heavy atom. The fraction of sp³-hybridized carbons (Fsp3) is 0.208. The van der Waals surface area contributed by atoms with Crippen LogP contribution in [0.2, 0.25) is 0 Å². The Hall–Kier alpha value is -3.99. The van der Waals surface area contributed by atoms with E-state index in [1.807, 2.05) is 0 Å². The maximum absolute atomic E-state index is 13.2. The van der Waals surface area contributed by atoms with E-state index in [2.05, 4.69) is 10.3 Å². The van der Waals surface area contributed by atoms with Gasteiger partial charge in [-0.05, 0) is 49.1 Å². The summed E-state index contributed by atoms with van der Waals surface area (Å²) >= 11 is 1.29. The first-order valence-electron chi connectivity index (χ1n) is 10.7. The van der Waals surface area contributed by atoms with Gasteiger partial charge in [-0.25, -0.2) is 14.2 Å². The van der Waals surface area contributed by atoms with Crippen molar-refractivity contribution in [2.24, 2.45) is 4.99 Å². The van der Waals surface area contributed by atoms with Crippen molar-refractivity contribution in [1.82, 2.24) is 4.90 Å². The van der Waals surface area contributed by atoms with Crippen molar-refractivity contribution >= 4 is 40.2 Å². The molecular formula is C24H21FN4O5S. The Kier molecular flexibility index (Phi) is 6.97. The molecule has 2 aromatic rings. The number of thioether (sulfide) groups is 1. The molecule has 9 nitrogen and oxygen atoms in total. The van der Waals surface area contributed by atoms with Crippen LogP contribution in [0, 0.1) is 15.9 Å². The van der Waals surface area contributed by atoms with E-state index < -0.39 is 22.8 Å². The fourth-order valence-corrected chi connectivity index (χ4v) is 4.83. The normalized spacial score (nSPS) is 16.9. The lowest BCUT2D eigenvalue weighted by Crippen LogP contribution is -2.37. The van der Waals surface area contributed by atoms with Gasteiger partial charge < -0.3 is 15.0 Å². The zero-order valence-electron chi connectivity index (χ0n) is 18.9. The number of nitro benzene ring substituents is 1. The summed E-state index contributed by atoms with van der Waals surface area (Å²) in [5.74, 6) is -1.36. The van der Waals surface area contributed by atoms with Crippen molar-refractivity contribution in [3.63, 3.8) is 0 Å². The highest BCUT2D eigenvalue weighted by Crippen LogP contribution is 2.45. The highest BCUT2D eigenvalue weighted by Gasteiger charge is 2.41. The number of esters is 1. The molecule has 4 rings (SSSR count). The van der Waals surface area contributed by atoms with Crippen LogP contribution in [0.15, 0.2) is 75.9 Å². The van der Waals surface area contributed by atoms with Gasteiger partial charge >= 0.3 is 5.97 Å². The molecule has 35 heavy (non-hydrogen) atoms. The van der Waals surface area contributed by atoms with Crippen molar-refractivity contribution in [2.45, 2.75) is 26.3 Å². The molecule has 0 unspecified atom stereocenters. The second-order valence-corrected chi connectivity index (χ2v) is 8.53. The molecule has 1 atom stereocenters. The van der Waals surface area contributed by atoms with Crippen LogP contribution in [0.25, 0.3) is 0 Å². The number of nitrogens with zero attached hydrogens (tertiary/aromatic N) is 3. The molecule has 1 amide bonds. The van der Waals surface area contributed by atoms with Gasteiger partial charge in [0, 0.05) is 23.5 Å². The molecule has 2 aromatic carbocycles. The lowest BCUT2D eigenvalue weighted by atomic mass is 9.93. The fourth-order valence-electron chi connectivity index (χ4n) is 3.87. The zero-order chi connectivity index (χ0) is 25.1. The van der Waals surface area contributed by atoms with Gasteiger partial charge in [-0.2, -0.15) is 0 Å². The second-order valence-electron chi connectivity index (χ2n) is 7.70. The predicted molar refractivity (Wildman–Crippen MR) is 130 cm³/mol. The summed E-state index contributed by atoms with van der Waals surface area (Å²) in [6.07, 6.45) is -0.0655. The molecule has 0 radical (unpaired) electrons. The molecule has 0 bridgehead atoms. The van der Waals surface area contributed by atoms with E-state index in [4.69, 9.17) is 4.74 Å². The average molecular weight is 497 g/mol. The number of carbonyl (C=O) groups is 2. The number of hydrogen-bond acceptors (Lipinski definition) is 8. The first-order chi connectivity index (χ1) is 16.8. The standard InChI is InChI=1S/C24H21FN4O5S/c1-3-34-23(31)21-14(2)26-24-28(22(21)15-5-4-6-18(11-15)29(32)33)19(13-35-24)12-20(30)27-17-9-7-16(25)8-10-17/h4-11,13,22H,3,12H2,1-2H3,(H,27,30)/t22-/m1/s1. The van der Waals surface area contributed by atoms with Gasteiger partial charge in [-0.3, -0.25) is 14.9 Å². The summed E-state index contributed by atoms with van der Waals surface area (Å²) in [5, 5.41) is 16.4. The third kappa shape index (κ3) is 5.09. The van der Waals surface area contributed by atoms with Crippen molar-refractivity contribution < 1.29 is 23.6 Å². The lowest BCUT2D eigenvalue weighted by molar-refractivity contribution is -0.384. The Labute approximate surface area is 204 Å². The number of carbonyl (C=O) groups excluding carboxylic acids is 2. The van der Waals surface area contributed by atoms with E-state index in [0.717, 1.165) is 0 Å². The Morgan fingerprint density at radius 2 is 2.00 bits per heavy atom. The first kappa shape index (κ1) is 24.1. The van der Waals surface area contributed by atoms with Crippen LogP contribution in [0.3, 0.4) is 0 Å². The first-order valence-corrected chi connectivity index (χ1v) is 11.6. The highest BCUT2D eigenvalue weighted by atomic mass is 32.2. The van der Waals surface area contributed by atoms with E-state index in [1.54, 1.807) is 36.3 Å². The molecule has 2 heterocycles. The topological polar surface area (TPSA) is 114 Å². The van der Waals surface area contributed by atoms with Gasteiger partial charge in [-0.1, -0.05) is 23.9 Å². The number of rotatable bonds is 7. The molecule has 0 fully saturated rings. The molecule has 11 heteroatoms. The van der Waals surface area contributed by atoms with Gasteiger partial charge in [-0.15, -0.1) is 0 Å². The summed E-state index contributed by atoms with van der Waals surface area (Å²) in [7, 11) is 0. The minimum Gasteiger partial charge on any atom is -0.463 e. The quantitative estimate of drug-likeness (QED) is 0.329. The number of nitro groups is 1. The zero-order valence-corrected chi connectivity index (χ0v) is 19.7. The molecule has 0 saturated carbocycles. The molecule has 0 saturated heterocycles. The van der Waals surface area contributed by atoms with Crippen LogP contribution in [0.5, 0.6) is 0 Å². The monoisotopic (exact) mass is 496 g/mol. The molecule has 1 N–H and O–H groups in total. The minimum absolute atomic E-state index is 0.0655. The number of anilines is 1. The van der Waals surface area contributed by atoms with Gasteiger partial charge in [0.15, 0.2) is 5.17 Å². The van der Waals surface area contributed by atoms with E-state index in [9.17, 15) is 24.1 Å². The van der Waals surface area contributed by atoms with Crippen molar-refractivity contribution in [2.75, 3.05) is 11.9 Å². The highest BCUT2D eigenvalue weighted by molar-refractivity contribution is 8.16. The van der Waals surface area contributed by atoms with Gasteiger partial charge in [0.05, 0.1) is 35.3 Å². The second kappa shape index (κ2) is 10.1. The number of nitrogens with one attached hydrogen (secondary N) is 1. The number of ether oxygens (including phenoxy) is 1. The van der Waals surface area contributed by atoms with Gasteiger partial charge in [0.1, 0.15) is 5.82 Å². The van der Waals surface area contributed by atoms with Gasteiger partial charge in [0.2, 0.25) is 5.91 Å². The molecule has 2 aliphatic heterocycles. The number of non-ortho nitro benzene ring substituents is 1. The average Bonchev–Trinajstić information content (AvgIpc) is 3.21. The number of benzene rings is 2. The van der Waals surface area contributed by atoms with Crippen molar-refractivity contribution in [3.05, 3.63) is 92.4 Å². The summed E-state index contributed by atoms with van der Waals surface area (Å²) < 4.78 is 18.5. The maximum Gasteiger partial charge on any atom is 0.338 e. The number of allylic oxidation sites excluding steroid dienone is 1. The van der Waals surface area contributed by atoms with Crippen LogP contribution in [0.4, 0.5) is 15.8 Å². The third-order valence-electron chi connectivity index (χ3n) is 5.36. The largest absolute Gasteiger partial charge is 0.463 e. The number of amidine groups is 1. The van der Waals surface area contributed by atoms with Crippen LogP contribution in [-0.2, 0) is 14.3 Å². The summed E-state index contributed by atoms with van der Waals surface area (Å²) in [5.41, 5.74) is 2.03. The number of fused-ring (bicyclic) bond motifs is 1. The maximum atomic E-state index is 13.2. The number of aliphatic imine (C=N–C) groups is 1. The van der Waals surface area contributed by atoms with Crippen LogP contribution in [-0.4, -0.2) is 33.5 Å². The Bertz CT molecular complexity index is 1290. The smallest absolute Gasteiger partial charge is 0.338 e. The van der Waals surface area contributed by atoms with E-state index in [0.29, 0.717) is 27.8 Å². The van der Waals surface area contributed by atoms with E-state index in [-0.39, 0.29) is 30.2 Å². The summed E-state index contributed by atoms with van der Waals surface area (Å²) in [6, 6.07) is 10.6. The minimum atomic E-state index is -0.777. The molecule has 180 valence electrons. The van der Waals surface area contributed by atoms with E-state index in [1.165, 1.54) is 48.2 Å². The Balaban J connectivity index is 1.69. The van der Waals surface area contributed by atoms with E-state index >= 15 is 0 Å². The molecule has 2 aliphatic rings. The molecule has 0 aromatic heterocycles. The molecule has 0 spiro atoms. The van der Waals surface area contributed by atoms with Crippen LogP contribution in [0.1, 0.15) is 31.9 Å². The summed E-state index contributed by atoms with van der Waals surface area (Å²) in [4.78, 5) is 42.9. The van der Waals surface area contributed by atoms with Crippen molar-refractivity contribution in [3.8, 4) is 0 Å². The van der Waals surface area contributed by atoms with Crippen LogP contribution >= 0.6 is 11.8 Å². The summed E-state index contributed by atoms with van der Waals surface area (Å²) in [6.45, 7) is 3.51. The SMILES string of the molecule is CCOC(=O)C1=C(C)N=C2SC=C(CC(=O)Nc3ccc(F)cc3)N2[C@@H]1c1cccc([N+](=O)[O-])c1. The number of amides is 1. The van der Waals surface area contributed by atoms with Crippen molar-refractivity contribution in [1.29, 1.82) is 0 Å². The molecular weight excluding hydrogens is 475 g/mol. The lowest BCUT2D eigenvalue weighted by Gasteiger charge is -2.36. The Morgan fingerprint density at radius 3 is 2.69 bits per heavy atom. The number of hydrogen-bond donors (Lipinski definition) is 1. The molecule has 0 aliphatic carbocycles. The third-order valence-corrected chi connectivity index (χ3v) is 6.25. The number of halogens is 1. The van der Waals surface area contributed by atoms with Crippen LogP contribution < -0.4 is 5.32 Å². The predicted octanol–water partition coefficient (Wildman–Crippen LogP) is 4.90.